The summed E-state index contributed by atoms with van der Waals surface area (Å²) in [5.41, 5.74) is 2.64. The molecule has 0 spiro atoms. The molecule has 2 aromatic carbocycles. The second kappa shape index (κ2) is 9.43. The Balaban J connectivity index is 1.58. The third kappa shape index (κ3) is 5.49. The van der Waals surface area contributed by atoms with Gasteiger partial charge in [-0.05, 0) is 69.0 Å². The fourth-order valence-corrected chi connectivity index (χ4v) is 3.87. The third-order valence-electron chi connectivity index (χ3n) is 4.65. The minimum Gasteiger partial charge on any atom is -0.491 e. The van der Waals surface area contributed by atoms with E-state index in [9.17, 15) is 4.79 Å². The summed E-state index contributed by atoms with van der Waals surface area (Å²) in [5.74, 6) is 1.24. The van der Waals surface area contributed by atoms with Gasteiger partial charge in [-0.3, -0.25) is 4.79 Å². The van der Waals surface area contributed by atoms with Gasteiger partial charge in [-0.25, -0.2) is 0 Å². The van der Waals surface area contributed by atoms with Crippen molar-refractivity contribution >= 4 is 27.5 Å². The molecule has 28 heavy (non-hydrogen) atoms. The van der Waals surface area contributed by atoms with Gasteiger partial charge in [-0.1, -0.05) is 22.0 Å². The summed E-state index contributed by atoms with van der Waals surface area (Å²) >= 11 is 3.47. The van der Waals surface area contributed by atoms with Crippen LogP contribution in [0.4, 0.5) is 5.69 Å². The lowest BCUT2D eigenvalue weighted by atomic mass is 10.1. The number of nitrogens with one attached hydrogen (secondary N) is 1. The van der Waals surface area contributed by atoms with Crippen LogP contribution in [0, 0.1) is 13.8 Å². The number of ether oxygens (including phenoxy) is 3. The Kier molecular flexibility index (Phi) is 6.97. The Morgan fingerprint density at radius 1 is 1.29 bits per heavy atom. The Morgan fingerprint density at radius 3 is 2.71 bits per heavy atom. The molecule has 2 aromatic rings. The molecule has 150 valence electrons. The number of hydrogen-bond donors (Lipinski definition) is 1. The van der Waals surface area contributed by atoms with E-state index in [1.54, 1.807) is 6.92 Å². The van der Waals surface area contributed by atoms with Crippen molar-refractivity contribution in [1.29, 1.82) is 0 Å². The van der Waals surface area contributed by atoms with Crippen molar-refractivity contribution in [2.24, 2.45) is 0 Å². The molecular weight excluding hydrogens is 422 g/mol. The van der Waals surface area contributed by atoms with E-state index in [0.717, 1.165) is 40.8 Å². The largest absolute Gasteiger partial charge is 0.491 e. The lowest BCUT2D eigenvalue weighted by Gasteiger charge is -2.18. The van der Waals surface area contributed by atoms with E-state index in [1.165, 1.54) is 0 Å². The highest BCUT2D eigenvalue weighted by molar-refractivity contribution is 9.10. The van der Waals surface area contributed by atoms with Gasteiger partial charge < -0.3 is 19.5 Å². The molecule has 0 bridgehead atoms. The molecule has 5 nitrogen and oxygen atoms in total. The number of benzene rings is 2. The first-order chi connectivity index (χ1) is 13.4. The number of anilines is 1. The standard InChI is InChI=1S/C22H26BrNO4/c1-14-10-17(23)11-15(2)21(14)28-16(3)22(25)24-18-6-4-7-19(12-18)27-13-20-8-5-9-26-20/h4,6-7,10-12,16,20H,5,8-9,13H2,1-3H3,(H,24,25). The van der Waals surface area contributed by atoms with Gasteiger partial charge >= 0.3 is 0 Å². The zero-order valence-electron chi connectivity index (χ0n) is 16.5. The zero-order chi connectivity index (χ0) is 20.1. The van der Waals surface area contributed by atoms with Gasteiger partial charge in [0.05, 0.1) is 6.10 Å². The number of hydrogen-bond acceptors (Lipinski definition) is 4. The van der Waals surface area contributed by atoms with Crippen LogP contribution < -0.4 is 14.8 Å². The molecule has 3 rings (SSSR count). The maximum atomic E-state index is 12.6. The number of halogens is 1. The molecule has 0 saturated carbocycles. The molecule has 1 fully saturated rings. The first kappa shape index (κ1) is 20.7. The summed E-state index contributed by atoms with van der Waals surface area (Å²) in [7, 11) is 0. The number of carbonyl (C=O) groups excluding carboxylic acids is 1. The van der Waals surface area contributed by atoms with Crippen molar-refractivity contribution in [1.82, 2.24) is 0 Å². The van der Waals surface area contributed by atoms with Crippen LogP contribution in [0.2, 0.25) is 0 Å². The van der Waals surface area contributed by atoms with Crippen LogP contribution >= 0.6 is 15.9 Å². The normalized spacial score (nSPS) is 17.2. The highest BCUT2D eigenvalue weighted by atomic mass is 79.9. The monoisotopic (exact) mass is 447 g/mol. The molecule has 0 aliphatic carbocycles. The summed E-state index contributed by atoms with van der Waals surface area (Å²) in [6.07, 6.45) is 1.64. The van der Waals surface area contributed by atoms with Crippen LogP contribution in [-0.2, 0) is 9.53 Å². The highest BCUT2D eigenvalue weighted by Gasteiger charge is 2.18. The van der Waals surface area contributed by atoms with E-state index < -0.39 is 6.10 Å². The predicted octanol–water partition coefficient (Wildman–Crippen LogP) is 5.03. The molecule has 1 saturated heterocycles. The maximum Gasteiger partial charge on any atom is 0.265 e. The zero-order valence-corrected chi connectivity index (χ0v) is 18.0. The molecule has 2 unspecified atom stereocenters. The van der Waals surface area contributed by atoms with E-state index in [-0.39, 0.29) is 12.0 Å². The molecule has 0 radical (unpaired) electrons. The second-order valence-electron chi connectivity index (χ2n) is 7.09. The first-order valence-electron chi connectivity index (χ1n) is 9.51. The van der Waals surface area contributed by atoms with Gasteiger partial charge in [0.25, 0.3) is 5.91 Å². The average Bonchev–Trinajstić information content (AvgIpc) is 3.16. The van der Waals surface area contributed by atoms with Crippen LogP contribution in [0.1, 0.15) is 30.9 Å². The Hall–Kier alpha value is -2.05. The summed E-state index contributed by atoms with van der Waals surface area (Å²) in [6, 6.07) is 11.3. The van der Waals surface area contributed by atoms with Gasteiger partial charge in [0.2, 0.25) is 0 Å². The van der Waals surface area contributed by atoms with Gasteiger partial charge in [0.1, 0.15) is 18.1 Å². The van der Waals surface area contributed by atoms with Crippen LogP contribution in [0.3, 0.4) is 0 Å². The topological polar surface area (TPSA) is 56.8 Å². The van der Waals surface area contributed by atoms with E-state index in [4.69, 9.17) is 14.2 Å². The molecule has 1 heterocycles. The molecule has 1 amide bonds. The van der Waals surface area contributed by atoms with Crippen LogP contribution in [0.25, 0.3) is 0 Å². The van der Waals surface area contributed by atoms with E-state index in [0.29, 0.717) is 18.0 Å². The molecule has 2 atom stereocenters. The highest BCUT2D eigenvalue weighted by Crippen LogP contribution is 2.28. The van der Waals surface area contributed by atoms with Crippen LogP contribution in [-0.4, -0.2) is 31.3 Å². The summed E-state index contributed by atoms with van der Waals surface area (Å²) in [5, 5.41) is 2.90. The lowest BCUT2D eigenvalue weighted by molar-refractivity contribution is -0.122. The number of carbonyl (C=O) groups is 1. The quantitative estimate of drug-likeness (QED) is 0.646. The van der Waals surface area contributed by atoms with Crippen molar-refractivity contribution in [2.45, 2.75) is 45.8 Å². The van der Waals surface area contributed by atoms with E-state index >= 15 is 0 Å². The molecule has 6 heteroatoms. The Labute approximate surface area is 174 Å². The minimum atomic E-state index is -0.630. The lowest BCUT2D eigenvalue weighted by Crippen LogP contribution is -2.30. The van der Waals surface area contributed by atoms with E-state index in [1.807, 2.05) is 50.2 Å². The average molecular weight is 448 g/mol. The summed E-state index contributed by atoms with van der Waals surface area (Å²) in [6.45, 7) is 7.01. The third-order valence-corrected chi connectivity index (χ3v) is 5.11. The van der Waals surface area contributed by atoms with Crippen molar-refractivity contribution in [2.75, 3.05) is 18.5 Å². The number of rotatable bonds is 7. The van der Waals surface area contributed by atoms with Crippen molar-refractivity contribution in [3.05, 3.63) is 52.0 Å². The molecule has 1 aliphatic rings. The second-order valence-corrected chi connectivity index (χ2v) is 8.01. The molecular formula is C22H26BrNO4. The van der Waals surface area contributed by atoms with Crippen molar-refractivity contribution < 1.29 is 19.0 Å². The molecule has 1 N–H and O–H groups in total. The van der Waals surface area contributed by atoms with Gasteiger partial charge in [-0.15, -0.1) is 0 Å². The summed E-state index contributed by atoms with van der Waals surface area (Å²) < 4.78 is 18.3. The van der Waals surface area contributed by atoms with Gasteiger partial charge in [0.15, 0.2) is 6.10 Å². The van der Waals surface area contributed by atoms with E-state index in [2.05, 4.69) is 21.2 Å². The number of amides is 1. The van der Waals surface area contributed by atoms with Gasteiger partial charge in [-0.2, -0.15) is 0 Å². The summed E-state index contributed by atoms with van der Waals surface area (Å²) in [4.78, 5) is 12.6. The maximum absolute atomic E-state index is 12.6. The minimum absolute atomic E-state index is 0.157. The smallest absolute Gasteiger partial charge is 0.265 e. The Morgan fingerprint density at radius 2 is 2.04 bits per heavy atom. The van der Waals surface area contributed by atoms with Crippen LogP contribution in [0.5, 0.6) is 11.5 Å². The van der Waals surface area contributed by atoms with Crippen molar-refractivity contribution in [3.8, 4) is 11.5 Å². The Bertz CT molecular complexity index is 810. The molecule has 1 aliphatic heterocycles. The number of aryl methyl sites for hydroxylation is 2. The predicted molar refractivity (Wildman–Crippen MR) is 113 cm³/mol. The van der Waals surface area contributed by atoms with Crippen molar-refractivity contribution in [3.63, 3.8) is 0 Å². The van der Waals surface area contributed by atoms with Crippen LogP contribution in [0.15, 0.2) is 40.9 Å². The first-order valence-corrected chi connectivity index (χ1v) is 10.3. The fraction of sp³-hybridized carbons (Fsp3) is 0.409. The molecule has 0 aromatic heterocycles. The fourth-order valence-electron chi connectivity index (χ4n) is 3.19. The van der Waals surface area contributed by atoms with Gasteiger partial charge in [0, 0.05) is 22.8 Å². The SMILES string of the molecule is Cc1cc(Br)cc(C)c1OC(C)C(=O)Nc1cccc(OCC2CCCO2)c1.